The molecule has 0 bridgehead atoms. The normalized spacial score (nSPS) is 15.8. The topological polar surface area (TPSA) is 38.0 Å². The Morgan fingerprint density at radius 3 is 2.50 bits per heavy atom. The quantitative estimate of drug-likeness (QED) is 0.329. The SMILES string of the molecule is Cc1cc(C(F)=Cc2ccc(SC(F)(F)F)cc2)nn1Cc1cccc(C2(CO)CC2)c1. The summed E-state index contributed by atoms with van der Waals surface area (Å²) >= 11 is -0.205. The lowest BCUT2D eigenvalue weighted by atomic mass is 9.95. The molecule has 1 N–H and O–H groups in total. The van der Waals surface area contributed by atoms with Crippen molar-refractivity contribution in [2.75, 3.05) is 6.61 Å². The minimum atomic E-state index is -4.36. The van der Waals surface area contributed by atoms with Gasteiger partial charge in [-0.3, -0.25) is 4.68 Å². The van der Waals surface area contributed by atoms with Crippen LogP contribution < -0.4 is 0 Å². The van der Waals surface area contributed by atoms with Crippen LogP contribution >= 0.6 is 11.8 Å². The van der Waals surface area contributed by atoms with Crippen molar-refractivity contribution in [3.63, 3.8) is 0 Å². The number of alkyl halides is 3. The third kappa shape index (κ3) is 5.24. The molecule has 1 aromatic heterocycles. The lowest BCUT2D eigenvalue weighted by Crippen LogP contribution is -2.12. The maximum Gasteiger partial charge on any atom is 0.446 e. The van der Waals surface area contributed by atoms with Gasteiger partial charge in [-0.2, -0.15) is 18.3 Å². The van der Waals surface area contributed by atoms with Gasteiger partial charge >= 0.3 is 5.51 Å². The van der Waals surface area contributed by atoms with Crippen LogP contribution in [0.3, 0.4) is 0 Å². The second-order valence-electron chi connectivity index (χ2n) is 8.08. The minimum Gasteiger partial charge on any atom is -0.395 e. The average Bonchev–Trinajstić information content (AvgIpc) is 3.47. The number of halogens is 4. The first-order valence-corrected chi connectivity index (χ1v) is 11.0. The predicted molar refractivity (Wildman–Crippen MR) is 118 cm³/mol. The summed E-state index contributed by atoms with van der Waals surface area (Å²) in [6.45, 7) is 2.44. The monoisotopic (exact) mass is 462 g/mol. The second kappa shape index (κ2) is 8.75. The zero-order valence-corrected chi connectivity index (χ0v) is 18.2. The van der Waals surface area contributed by atoms with Crippen molar-refractivity contribution in [3.8, 4) is 0 Å². The third-order valence-electron chi connectivity index (χ3n) is 5.66. The molecular formula is C24H22F4N2OS. The van der Waals surface area contributed by atoms with Crippen LogP contribution in [-0.2, 0) is 12.0 Å². The van der Waals surface area contributed by atoms with E-state index in [0.717, 1.165) is 29.7 Å². The fraction of sp³-hybridized carbons (Fsp3) is 0.292. The number of benzene rings is 2. The number of hydrogen-bond donors (Lipinski definition) is 1. The molecular weight excluding hydrogens is 440 g/mol. The fourth-order valence-corrected chi connectivity index (χ4v) is 4.17. The molecule has 4 rings (SSSR count). The van der Waals surface area contributed by atoms with Crippen molar-refractivity contribution >= 4 is 23.7 Å². The smallest absolute Gasteiger partial charge is 0.395 e. The summed E-state index contributed by atoms with van der Waals surface area (Å²) in [4.78, 5) is 0.0478. The van der Waals surface area contributed by atoms with Crippen molar-refractivity contribution in [3.05, 3.63) is 82.7 Å². The first kappa shape index (κ1) is 22.6. The summed E-state index contributed by atoms with van der Waals surface area (Å²) in [5.41, 5.74) is -0.946. The summed E-state index contributed by atoms with van der Waals surface area (Å²) < 4.78 is 53.8. The van der Waals surface area contributed by atoms with Crippen molar-refractivity contribution in [1.82, 2.24) is 9.78 Å². The Bertz CT molecular complexity index is 1130. The zero-order valence-electron chi connectivity index (χ0n) is 17.4. The molecule has 0 atom stereocenters. The number of nitrogens with zero attached hydrogens (tertiary/aromatic N) is 2. The van der Waals surface area contributed by atoms with Gasteiger partial charge in [0, 0.05) is 16.0 Å². The number of thioether (sulfide) groups is 1. The summed E-state index contributed by atoms with van der Waals surface area (Å²) in [6.07, 6.45) is 3.21. The van der Waals surface area contributed by atoms with E-state index in [0.29, 0.717) is 12.1 Å². The molecule has 32 heavy (non-hydrogen) atoms. The maximum atomic E-state index is 14.8. The largest absolute Gasteiger partial charge is 0.446 e. The molecule has 1 aliphatic rings. The minimum absolute atomic E-state index is 0.0478. The standard InChI is InChI=1S/C24H22F4N2OS/c1-16-11-22(21(25)13-17-5-7-20(8-6-17)32-24(26,27)28)29-30(16)14-18-3-2-4-19(12-18)23(15-31)9-10-23/h2-8,11-13,31H,9-10,14-15H2,1H3. The van der Waals surface area contributed by atoms with E-state index >= 15 is 0 Å². The Morgan fingerprint density at radius 1 is 1.16 bits per heavy atom. The van der Waals surface area contributed by atoms with Crippen LogP contribution in [-0.4, -0.2) is 27.0 Å². The van der Waals surface area contributed by atoms with Gasteiger partial charge in [-0.05, 0) is 72.5 Å². The number of hydrogen-bond acceptors (Lipinski definition) is 3. The third-order valence-corrected chi connectivity index (χ3v) is 6.40. The summed E-state index contributed by atoms with van der Waals surface area (Å²) in [5, 5.41) is 14.0. The van der Waals surface area contributed by atoms with Gasteiger partial charge in [0.25, 0.3) is 0 Å². The van der Waals surface area contributed by atoms with Crippen molar-refractivity contribution in [1.29, 1.82) is 0 Å². The first-order valence-electron chi connectivity index (χ1n) is 10.2. The van der Waals surface area contributed by atoms with E-state index in [-0.39, 0.29) is 34.4 Å². The van der Waals surface area contributed by atoms with Crippen LogP contribution in [0.5, 0.6) is 0 Å². The second-order valence-corrected chi connectivity index (χ2v) is 9.21. The molecule has 1 saturated carbocycles. The summed E-state index contributed by atoms with van der Waals surface area (Å²) in [7, 11) is 0. The first-order chi connectivity index (χ1) is 15.2. The summed E-state index contributed by atoms with van der Waals surface area (Å²) in [5.74, 6) is -0.561. The molecule has 3 aromatic rings. The molecule has 3 nitrogen and oxygen atoms in total. The van der Waals surface area contributed by atoms with E-state index in [1.807, 2.05) is 25.1 Å². The Balaban J connectivity index is 1.49. The van der Waals surface area contributed by atoms with E-state index in [1.54, 1.807) is 10.7 Å². The highest BCUT2D eigenvalue weighted by Gasteiger charge is 2.43. The average molecular weight is 463 g/mol. The van der Waals surface area contributed by atoms with E-state index in [9.17, 15) is 22.7 Å². The molecule has 168 valence electrons. The highest BCUT2D eigenvalue weighted by atomic mass is 32.2. The van der Waals surface area contributed by atoms with Crippen LogP contribution in [0.15, 0.2) is 59.5 Å². The fourth-order valence-electron chi connectivity index (χ4n) is 3.63. The molecule has 1 fully saturated rings. The molecule has 0 spiro atoms. The molecule has 0 radical (unpaired) electrons. The van der Waals surface area contributed by atoms with E-state index < -0.39 is 11.3 Å². The molecule has 8 heteroatoms. The van der Waals surface area contributed by atoms with Crippen molar-refractivity contribution in [2.45, 2.75) is 42.1 Å². The number of aliphatic hydroxyl groups is 1. The highest BCUT2D eigenvalue weighted by Crippen LogP contribution is 2.47. The van der Waals surface area contributed by atoms with Crippen LogP contribution in [0.1, 0.15) is 40.9 Å². The van der Waals surface area contributed by atoms with E-state index in [1.165, 1.54) is 30.3 Å². The Labute approximate surface area is 187 Å². The lowest BCUT2D eigenvalue weighted by molar-refractivity contribution is -0.0328. The van der Waals surface area contributed by atoms with Crippen LogP contribution in [0, 0.1) is 6.92 Å². The van der Waals surface area contributed by atoms with Crippen LogP contribution in [0.25, 0.3) is 11.9 Å². The van der Waals surface area contributed by atoms with Crippen LogP contribution in [0.2, 0.25) is 0 Å². The number of aryl methyl sites for hydroxylation is 1. The molecule has 1 aliphatic carbocycles. The molecule has 0 amide bonds. The van der Waals surface area contributed by atoms with Gasteiger partial charge in [0.05, 0.1) is 13.2 Å². The van der Waals surface area contributed by atoms with Gasteiger partial charge in [0.15, 0.2) is 5.83 Å². The number of aliphatic hydroxyl groups excluding tert-OH is 1. The Hall–Kier alpha value is -2.58. The zero-order chi connectivity index (χ0) is 22.9. The molecule has 0 aliphatic heterocycles. The predicted octanol–water partition coefficient (Wildman–Crippen LogP) is 6.34. The lowest BCUT2D eigenvalue weighted by Gasteiger charge is -2.14. The maximum absolute atomic E-state index is 14.8. The molecule has 0 unspecified atom stereocenters. The summed E-state index contributed by atoms with van der Waals surface area (Å²) in [6, 6.07) is 15.2. The van der Waals surface area contributed by atoms with Gasteiger partial charge in [-0.15, -0.1) is 0 Å². The molecule has 0 saturated heterocycles. The molecule has 1 heterocycles. The molecule has 2 aromatic carbocycles. The highest BCUT2D eigenvalue weighted by molar-refractivity contribution is 8.00. The van der Waals surface area contributed by atoms with Gasteiger partial charge < -0.3 is 5.11 Å². The van der Waals surface area contributed by atoms with Gasteiger partial charge in [-0.25, -0.2) is 4.39 Å². The van der Waals surface area contributed by atoms with E-state index in [4.69, 9.17) is 0 Å². The number of aromatic nitrogens is 2. The van der Waals surface area contributed by atoms with E-state index in [2.05, 4.69) is 11.2 Å². The van der Waals surface area contributed by atoms with Gasteiger partial charge in [0.1, 0.15) is 5.69 Å². The van der Waals surface area contributed by atoms with Crippen LogP contribution in [0.4, 0.5) is 17.6 Å². The van der Waals surface area contributed by atoms with Crippen molar-refractivity contribution in [2.24, 2.45) is 0 Å². The Kier molecular flexibility index (Phi) is 6.18. The Morgan fingerprint density at radius 2 is 1.88 bits per heavy atom. The van der Waals surface area contributed by atoms with Crippen molar-refractivity contribution < 1.29 is 22.7 Å². The van der Waals surface area contributed by atoms with Gasteiger partial charge in [0.2, 0.25) is 0 Å². The van der Waals surface area contributed by atoms with Gasteiger partial charge in [-0.1, -0.05) is 36.4 Å². The number of rotatable bonds is 7.